The van der Waals surface area contributed by atoms with Crippen molar-refractivity contribution >= 4 is 11.9 Å². The number of nitrogens with zero attached hydrogens (tertiary/aromatic N) is 1. The van der Waals surface area contributed by atoms with Gasteiger partial charge >= 0.3 is 6.03 Å². The number of hydrogen-bond donors (Lipinski definition) is 3. The maximum Gasteiger partial charge on any atom is 0.321 e. The predicted molar refractivity (Wildman–Crippen MR) is 77.5 cm³/mol. The largest absolute Gasteiger partial charge is 0.341 e. The average molecular weight is 282 g/mol. The molecule has 0 aromatic heterocycles. The summed E-state index contributed by atoms with van der Waals surface area (Å²) >= 11 is 0. The van der Waals surface area contributed by atoms with Gasteiger partial charge in [0.05, 0.1) is 0 Å². The fraction of sp³-hybridized carbons (Fsp3) is 0.857. The Hall–Kier alpha value is -1.14. The van der Waals surface area contributed by atoms with Crippen molar-refractivity contribution in [2.24, 2.45) is 0 Å². The zero-order chi connectivity index (χ0) is 14.4. The molecule has 6 heteroatoms. The molecule has 0 aromatic carbocycles. The topological polar surface area (TPSA) is 73.5 Å². The summed E-state index contributed by atoms with van der Waals surface area (Å²) in [6.07, 6.45) is 6.67. The smallest absolute Gasteiger partial charge is 0.321 e. The fourth-order valence-electron chi connectivity index (χ4n) is 2.72. The number of nitrogens with one attached hydrogen (secondary N) is 3. The summed E-state index contributed by atoms with van der Waals surface area (Å²) in [5.74, 6) is -0.202. The monoisotopic (exact) mass is 282 g/mol. The van der Waals surface area contributed by atoms with Gasteiger partial charge in [0.1, 0.15) is 0 Å². The molecule has 0 bridgehead atoms. The number of imide groups is 1. The molecule has 1 atom stereocenters. The molecular formula is C14H26N4O2. The van der Waals surface area contributed by atoms with Crippen LogP contribution in [0.25, 0.3) is 0 Å². The first kappa shape index (κ1) is 15.3. The van der Waals surface area contributed by atoms with E-state index in [1.54, 1.807) is 0 Å². The summed E-state index contributed by atoms with van der Waals surface area (Å²) in [7, 11) is 1.51. The van der Waals surface area contributed by atoms with Crippen molar-refractivity contribution in [1.82, 2.24) is 20.9 Å². The van der Waals surface area contributed by atoms with Crippen LogP contribution in [0.2, 0.25) is 0 Å². The number of hydrogen-bond acceptors (Lipinski definition) is 4. The average Bonchev–Trinajstić information content (AvgIpc) is 3.29. The highest BCUT2D eigenvalue weighted by Gasteiger charge is 2.31. The van der Waals surface area contributed by atoms with E-state index in [1.165, 1.54) is 39.2 Å². The molecular weight excluding hydrogens is 256 g/mol. The lowest BCUT2D eigenvalue weighted by molar-refractivity contribution is -0.120. The molecule has 3 N–H and O–H groups in total. The lowest BCUT2D eigenvalue weighted by atomic mass is 10.0. The molecule has 20 heavy (non-hydrogen) atoms. The minimum Gasteiger partial charge on any atom is -0.341 e. The summed E-state index contributed by atoms with van der Waals surface area (Å²) in [5.41, 5.74) is 0. The van der Waals surface area contributed by atoms with Gasteiger partial charge in [-0.3, -0.25) is 15.0 Å². The van der Waals surface area contributed by atoms with Crippen LogP contribution < -0.4 is 16.0 Å². The minimum atomic E-state index is -0.429. The quantitative estimate of drug-likeness (QED) is 0.661. The van der Waals surface area contributed by atoms with E-state index >= 15 is 0 Å². The minimum absolute atomic E-state index is 0.202. The Morgan fingerprint density at radius 3 is 2.65 bits per heavy atom. The van der Waals surface area contributed by atoms with Crippen LogP contribution in [0.5, 0.6) is 0 Å². The molecule has 1 saturated carbocycles. The zero-order valence-electron chi connectivity index (χ0n) is 12.3. The van der Waals surface area contributed by atoms with Crippen molar-refractivity contribution in [2.45, 2.75) is 50.6 Å². The van der Waals surface area contributed by atoms with Crippen LogP contribution in [0.3, 0.4) is 0 Å². The Morgan fingerprint density at radius 1 is 1.25 bits per heavy atom. The molecule has 114 valence electrons. The number of amides is 3. The van der Waals surface area contributed by atoms with Gasteiger partial charge in [0, 0.05) is 38.6 Å². The number of carbonyl (C=O) groups excluding carboxylic acids is 2. The highest BCUT2D eigenvalue weighted by Crippen LogP contribution is 2.27. The van der Waals surface area contributed by atoms with Crippen LogP contribution in [-0.2, 0) is 4.79 Å². The van der Waals surface area contributed by atoms with Gasteiger partial charge in [-0.2, -0.15) is 0 Å². The lowest BCUT2D eigenvalue weighted by Gasteiger charge is -2.30. The first-order valence-electron chi connectivity index (χ1n) is 7.68. The molecule has 0 radical (unpaired) electrons. The number of carbonyl (C=O) groups is 2. The maximum absolute atomic E-state index is 11.6. The fourth-order valence-corrected chi connectivity index (χ4v) is 2.72. The van der Waals surface area contributed by atoms with Crippen molar-refractivity contribution in [3.63, 3.8) is 0 Å². The normalized spacial score (nSPS) is 22.6. The third kappa shape index (κ3) is 5.09. The van der Waals surface area contributed by atoms with Crippen LogP contribution >= 0.6 is 0 Å². The van der Waals surface area contributed by atoms with Gasteiger partial charge in [-0.15, -0.1) is 0 Å². The van der Waals surface area contributed by atoms with Crippen molar-refractivity contribution in [3.05, 3.63) is 0 Å². The molecule has 0 aromatic rings. The molecule has 2 aliphatic rings. The van der Waals surface area contributed by atoms with Gasteiger partial charge in [-0.1, -0.05) is 6.42 Å². The van der Waals surface area contributed by atoms with Gasteiger partial charge < -0.3 is 10.6 Å². The second-order valence-electron chi connectivity index (χ2n) is 5.75. The molecule has 6 nitrogen and oxygen atoms in total. The predicted octanol–water partition coefficient (Wildman–Crippen LogP) is 0.439. The van der Waals surface area contributed by atoms with Crippen molar-refractivity contribution in [2.75, 3.05) is 26.7 Å². The summed E-state index contributed by atoms with van der Waals surface area (Å²) in [5, 5.41) is 8.26. The van der Waals surface area contributed by atoms with Crippen LogP contribution in [0.1, 0.15) is 38.5 Å². The van der Waals surface area contributed by atoms with Crippen LogP contribution in [0.4, 0.5) is 4.79 Å². The Labute approximate surface area is 120 Å². The molecule has 1 aliphatic carbocycles. The van der Waals surface area contributed by atoms with E-state index in [0.29, 0.717) is 18.5 Å². The molecule has 1 aliphatic heterocycles. The Balaban J connectivity index is 1.71. The number of rotatable bonds is 6. The first-order chi connectivity index (χ1) is 9.69. The Kier molecular flexibility index (Phi) is 5.79. The zero-order valence-corrected chi connectivity index (χ0v) is 12.3. The van der Waals surface area contributed by atoms with Crippen LogP contribution in [0.15, 0.2) is 0 Å². The van der Waals surface area contributed by atoms with Gasteiger partial charge in [0.2, 0.25) is 5.91 Å². The third-order valence-electron chi connectivity index (χ3n) is 4.04. The summed E-state index contributed by atoms with van der Waals surface area (Å²) < 4.78 is 0. The molecule has 1 saturated heterocycles. The summed E-state index contributed by atoms with van der Waals surface area (Å²) in [4.78, 5) is 25.1. The van der Waals surface area contributed by atoms with Crippen LogP contribution in [-0.4, -0.2) is 55.6 Å². The van der Waals surface area contributed by atoms with Gasteiger partial charge in [-0.25, -0.2) is 4.79 Å². The molecule has 2 rings (SSSR count). The molecule has 2 fully saturated rings. The molecule has 1 unspecified atom stereocenters. The van der Waals surface area contributed by atoms with Crippen molar-refractivity contribution < 1.29 is 9.59 Å². The summed E-state index contributed by atoms with van der Waals surface area (Å²) in [6, 6.07) is 0.778. The first-order valence-corrected chi connectivity index (χ1v) is 7.68. The standard InChI is InChI=1S/C14H26N4O2/c1-15-14(20)17-13(19)7-9-18(12-5-6-12)10-11-4-2-3-8-16-11/h11-12,16H,2-10H2,1H3,(H2,15,17,19,20). The number of urea groups is 1. The van der Waals surface area contributed by atoms with E-state index in [0.717, 1.165) is 19.6 Å². The number of piperidine rings is 1. The Morgan fingerprint density at radius 2 is 2.05 bits per heavy atom. The van der Waals surface area contributed by atoms with E-state index < -0.39 is 6.03 Å². The molecule has 3 amide bonds. The van der Waals surface area contributed by atoms with Crippen molar-refractivity contribution in [3.8, 4) is 0 Å². The van der Waals surface area contributed by atoms with Gasteiger partial charge in [0.25, 0.3) is 0 Å². The SMILES string of the molecule is CNC(=O)NC(=O)CCN(CC1CCCCN1)C1CC1. The summed E-state index contributed by atoms with van der Waals surface area (Å²) in [6.45, 7) is 2.88. The molecule has 0 spiro atoms. The van der Waals surface area contributed by atoms with E-state index in [9.17, 15) is 9.59 Å². The van der Waals surface area contributed by atoms with Gasteiger partial charge in [0.15, 0.2) is 0 Å². The highest BCUT2D eigenvalue weighted by molar-refractivity contribution is 5.94. The Bertz CT molecular complexity index is 338. The van der Waals surface area contributed by atoms with E-state index in [2.05, 4.69) is 20.9 Å². The van der Waals surface area contributed by atoms with Crippen molar-refractivity contribution in [1.29, 1.82) is 0 Å². The van der Waals surface area contributed by atoms with Crippen LogP contribution in [0, 0.1) is 0 Å². The third-order valence-corrected chi connectivity index (χ3v) is 4.04. The van der Waals surface area contributed by atoms with E-state index in [4.69, 9.17) is 0 Å². The van der Waals surface area contributed by atoms with E-state index in [1.807, 2.05) is 0 Å². The highest BCUT2D eigenvalue weighted by atomic mass is 16.2. The second-order valence-corrected chi connectivity index (χ2v) is 5.75. The lowest BCUT2D eigenvalue weighted by Crippen LogP contribution is -2.46. The maximum atomic E-state index is 11.6. The van der Waals surface area contributed by atoms with Gasteiger partial charge in [-0.05, 0) is 32.2 Å². The second kappa shape index (κ2) is 7.59. The van der Waals surface area contributed by atoms with E-state index in [-0.39, 0.29) is 5.91 Å². The molecule has 1 heterocycles.